The number of methoxy groups -OCH3 is 2. The minimum absolute atomic E-state index is 0.404. The third kappa shape index (κ3) is 2.15. The van der Waals surface area contributed by atoms with Gasteiger partial charge in [-0.25, -0.2) is 4.79 Å². The second kappa shape index (κ2) is 5.60. The van der Waals surface area contributed by atoms with Crippen LogP contribution < -0.4 is 14.4 Å². The second-order valence-corrected chi connectivity index (χ2v) is 4.97. The fourth-order valence-electron chi connectivity index (χ4n) is 2.67. The van der Waals surface area contributed by atoms with Crippen molar-refractivity contribution in [3.63, 3.8) is 0 Å². The van der Waals surface area contributed by atoms with E-state index in [0.717, 1.165) is 11.3 Å². The average Bonchev–Trinajstić information content (AvgIpc) is 2.91. The minimum Gasteiger partial charge on any atom is -0.493 e. The number of anilines is 1. The highest BCUT2D eigenvalue weighted by molar-refractivity contribution is 5.98. The highest BCUT2D eigenvalue weighted by atomic mass is 16.6. The van der Waals surface area contributed by atoms with Crippen LogP contribution in [0.15, 0.2) is 42.5 Å². The highest BCUT2D eigenvalue weighted by Gasteiger charge is 2.38. The van der Waals surface area contributed by atoms with Crippen molar-refractivity contribution in [2.24, 2.45) is 0 Å². The number of carbonyl (C=O) groups excluding carboxylic acids is 1. The standard InChI is InChI=1S/C17H17NO4/c1-18(11-7-5-4-6-8-11)16-12-9-10-13(20-2)15(21-3)14(12)17(19)22-16/h4-10,16H,1-3H3/t16-/m1/s1. The van der Waals surface area contributed by atoms with E-state index in [2.05, 4.69) is 0 Å². The Morgan fingerprint density at radius 3 is 2.41 bits per heavy atom. The zero-order chi connectivity index (χ0) is 15.7. The number of fused-ring (bicyclic) bond motifs is 1. The van der Waals surface area contributed by atoms with Gasteiger partial charge in [-0.1, -0.05) is 18.2 Å². The van der Waals surface area contributed by atoms with Gasteiger partial charge in [-0.2, -0.15) is 0 Å². The smallest absolute Gasteiger partial charge is 0.344 e. The normalized spacial score (nSPS) is 16.0. The van der Waals surface area contributed by atoms with Crippen molar-refractivity contribution in [1.82, 2.24) is 0 Å². The van der Waals surface area contributed by atoms with Gasteiger partial charge in [0.1, 0.15) is 5.56 Å². The van der Waals surface area contributed by atoms with Crippen LogP contribution in [0.1, 0.15) is 22.1 Å². The summed E-state index contributed by atoms with van der Waals surface area (Å²) < 4.78 is 16.1. The van der Waals surface area contributed by atoms with E-state index in [-0.39, 0.29) is 0 Å². The molecule has 1 aliphatic heterocycles. The van der Waals surface area contributed by atoms with Crippen LogP contribution in [0.5, 0.6) is 11.5 Å². The zero-order valence-corrected chi connectivity index (χ0v) is 12.7. The number of esters is 1. The Morgan fingerprint density at radius 1 is 1.05 bits per heavy atom. The van der Waals surface area contributed by atoms with Crippen LogP contribution in [-0.2, 0) is 4.74 Å². The summed E-state index contributed by atoms with van der Waals surface area (Å²) in [5, 5.41) is 0. The van der Waals surface area contributed by atoms with E-state index in [9.17, 15) is 4.79 Å². The lowest BCUT2D eigenvalue weighted by Gasteiger charge is -2.25. The first-order valence-corrected chi connectivity index (χ1v) is 6.91. The van der Waals surface area contributed by atoms with E-state index in [1.165, 1.54) is 14.2 Å². The summed E-state index contributed by atoms with van der Waals surface area (Å²) in [4.78, 5) is 14.2. The molecule has 0 aromatic heterocycles. The van der Waals surface area contributed by atoms with Gasteiger partial charge >= 0.3 is 5.97 Å². The number of carbonyl (C=O) groups is 1. The number of hydrogen-bond acceptors (Lipinski definition) is 5. The number of nitrogens with zero attached hydrogens (tertiary/aromatic N) is 1. The highest BCUT2D eigenvalue weighted by Crippen LogP contribution is 2.43. The Labute approximate surface area is 129 Å². The summed E-state index contributed by atoms with van der Waals surface area (Å²) in [5.41, 5.74) is 2.16. The molecule has 0 radical (unpaired) electrons. The number of benzene rings is 2. The second-order valence-electron chi connectivity index (χ2n) is 4.97. The Bertz CT molecular complexity index is 699. The van der Waals surface area contributed by atoms with Crippen molar-refractivity contribution in [2.75, 3.05) is 26.2 Å². The van der Waals surface area contributed by atoms with E-state index in [1.54, 1.807) is 6.07 Å². The van der Waals surface area contributed by atoms with E-state index in [0.29, 0.717) is 17.1 Å². The molecule has 22 heavy (non-hydrogen) atoms. The molecule has 0 amide bonds. The molecule has 3 rings (SSSR count). The summed E-state index contributed by atoms with van der Waals surface area (Å²) in [5.74, 6) is 0.522. The molecule has 5 nitrogen and oxygen atoms in total. The maximum atomic E-state index is 12.3. The maximum absolute atomic E-state index is 12.3. The van der Waals surface area contributed by atoms with Crippen LogP contribution in [0.3, 0.4) is 0 Å². The van der Waals surface area contributed by atoms with Gasteiger partial charge in [-0.15, -0.1) is 0 Å². The molecule has 1 heterocycles. The third-order valence-electron chi connectivity index (χ3n) is 3.78. The molecule has 0 bridgehead atoms. The molecule has 0 saturated heterocycles. The van der Waals surface area contributed by atoms with Crippen molar-refractivity contribution in [3.05, 3.63) is 53.6 Å². The van der Waals surface area contributed by atoms with Gasteiger partial charge in [0.2, 0.25) is 6.23 Å². The summed E-state index contributed by atoms with van der Waals surface area (Å²) in [6.07, 6.45) is -0.482. The van der Waals surface area contributed by atoms with Gasteiger partial charge in [0, 0.05) is 18.3 Å². The van der Waals surface area contributed by atoms with Crippen LogP contribution in [0.25, 0.3) is 0 Å². The number of hydrogen-bond donors (Lipinski definition) is 0. The minimum atomic E-state index is -0.482. The summed E-state index contributed by atoms with van der Waals surface area (Å²) >= 11 is 0. The van der Waals surface area contributed by atoms with Gasteiger partial charge in [-0.3, -0.25) is 0 Å². The first-order chi connectivity index (χ1) is 10.7. The first-order valence-electron chi connectivity index (χ1n) is 6.91. The van der Waals surface area contributed by atoms with Gasteiger partial charge in [0.05, 0.1) is 14.2 Å². The molecule has 0 saturated carbocycles. The maximum Gasteiger partial charge on any atom is 0.344 e. The fourth-order valence-corrected chi connectivity index (χ4v) is 2.67. The molecule has 0 aliphatic carbocycles. The predicted molar refractivity (Wildman–Crippen MR) is 82.5 cm³/mol. The fraction of sp³-hybridized carbons (Fsp3) is 0.235. The van der Waals surface area contributed by atoms with Crippen LogP contribution in [-0.4, -0.2) is 27.2 Å². The number of ether oxygens (including phenoxy) is 3. The van der Waals surface area contributed by atoms with Crippen molar-refractivity contribution < 1.29 is 19.0 Å². The monoisotopic (exact) mass is 299 g/mol. The Balaban J connectivity index is 2.05. The topological polar surface area (TPSA) is 48.0 Å². The molecule has 5 heteroatoms. The van der Waals surface area contributed by atoms with Gasteiger partial charge in [0.15, 0.2) is 11.5 Å². The van der Waals surface area contributed by atoms with E-state index in [1.807, 2.05) is 48.3 Å². The van der Waals surface area contributed by atoms with Gasteiger partial charge in [0.25, 0.3) is 0 Å². The largest absolute Gasteiger partial charge is 0.493 e. The van der Waals surface area contributed by atoms with Gasteiger partial charge in [-0.05, 0) is 24.3 Å². The lowest BCUT2D eigenvalue weighted by atomic mass is 10.1. The van der Waals surface area contributed by atoms with Crippen molar-refractivity contribution in [2.45, 2.75) is 6.23 Å². The van der Waals surface area contributed by atoms with Crippen molar-refractivity contribution in [1.29, 1.82) is 0 Å². The molecular weight excluding hydrogens is 282 g/mol. The first kappa shape index (κ1) is 14.3. The SMILES string of the molecule is COc1ccc2c(c1OC)C(=O)O[C@H]2N(C)c1ccccc1. The number of para-hydroxylation sites is 1. The molecule has 0 N–H and O–H groups in total. The van der Waals surface area contributed by atoms with Crippen molar-refractivity contribution >= 4 is 11.7 Å². The zero-order valence-electron chi connectivity index (χ0n) is 12.7. The van der Waals surface area contributed by atoms with Gasteiger partial charge < -0.3 is 19.1 Å². The van der Waals surface area contributed by atoms with Crippen LogP contribution >= 0.6 is 0 Å². The number of rotatable bonds is 4. The Kier molecular flexibility index (Phi) is 3.63. The molecule has 0 spiro atoms. The molecule has 1 atom stereocenters. The molecule has 2 aromatic rings. The molecule has 0 fully saturated rings. The van der Waals surface area contributed by atoms with E-state index < -0.39 is 12.2 Å². The third-order valence-corrected chi connectivity index (χ3v) is 3.78. The molecule has 1 aliphatic rings. The Morgan fingerprint density at radius 2 is 1.77 bits per heavy atom. The lowest BCUT2D eigenvalue weighted by Crippen LogP contribution is -2.23. The Hall–Kier alpha value is -2.69. The average molecular weight is 299 g/mol. The number of cyclic esters (lactones) is 1. The van der Waals surface area contributed by atoms with Crippen LogP contribution in [0.4, 0.5) is 5.69 Å². The summed E-state index contributed by atoms with van der Waals surface area (Å²) in [6, 6.07) is 13.4. The molecule has 114 valence electrons. The molecule has 2 aromatic carbocycles. The molecular formula is C17H17NO4. The van der Waals surface area contributed by atoms with Crippen LogP contribution in [0, 0.1) is 0 Å². The van der Waals surface area contributed by atoms with Crippen LogP contribution in [0.2, 0.25) is 0 Å². The van der Waals surface area contributed by atoms with Crippen molar-refractivity contribution in [3.8, 4) is 11.5 Å². The van der Waals surface area contributed by atoms with E-state index >= 15 is 0 Å². The summed E-state index contributed by atoms with van der Waals surface area (Å²) in [6.45, 7) is 0. The predicted octanol–water partition coefficient (Wildman–Crippen LogP) is 3.01. The lowest BCUT2D eigenvalue weighted by molar-refractivity contribution is 0.0386. The molecule has 0 unspecified atom stereocenters. The van der Waals surface area contributed by atoms with E-state index in [4.69, 9.17) is 14.2 Å². The summed E-state index contributed by atoms with van der Waals surface area (Å²) in [7, 11) is 4.94. The quantitative estimate of drug-likeness (QED) is 0.812.